The highest BCUT2D eigenvalue weighted by atomic mass is 32.2. The Hall–Kier alpha value is -0.320. The smallest absolute Gasteiger partial charge is 0.303 e. The number of hydrogen-bond donors (Lipinski definition) is 0. The van der Waals surface area contributed by atoms with Gasteiger partial charge in [0.15, 0.2) is 0 Å². The molecule has 0 saturated carbocycles. The Balaban J connectivity index is 3.72. The number of carbonyl (C=O) groups is 1. The Morgan fingerprint density at radius 1 is 1.35 bits per heavy atom. The highest BCUT2D eigenvalue weighted by Crippen LogP contribution is 2.24. The van der Waals surface area contributed by atoms with E-state index in [9.17, 15) is 13.6 Å². The van der Waals surface area contributed by atoms with Gasteiger partial charge < -0.3 is 4.74 Å². The van der Waals surface area contributed by atoms with E-state index in [0.717, 1.165) is 19.1 Å². The summed E-state index contributed by atoms with van der Waals surface area (Å²) in [7, 11) is 0. The molecule has 0 aliphatic carbocycles. The topological polar surface area (TPSA) is 26.3 Å². The molecule has 2 nitrogen and oxygen atoms in total. The molecule has 5 heteroatoms. The van der Waals surface area contributed by atoms with E-state index >= 15 is 0 Å². The molecule has 1 unspecified atom stereocenters. The van der Waals surface area contributed by atoms with Crippen LogP contribution in [0.5, 0.6) is 0 Å². The van der Waals surface area contributed by atoms with Crippen LogP contribution in [0, 0.1) is 5.92 Å². The maximum absolute atomic E-state index is 12.5. The van der Waals surface area contributed by atoms with E-state index in [1.165, 1.54) is 18.7 Å². The summed E-state index contributed by atoms with van der Waals surface area (Å²) >= 11 is 1.52. The van der Waals surface area contributed by atoms with Gasteiger partial charge in [0.05, 0.1) is 0 Å². The van der Waals surface area contributed by atoms with Crippen LogP contribution in [0.2, 0.25) is 0 Å². The van der Waals surface area contributed by atoms with Gasteiger partial charge in [-0.2, -0.15) is 0 Å². The van der Waals surface area contributed by atoms with Crippen LogP contribution >= 0.6 is 11.8 Å². The number of alkyl halides is 2. The average Bonchev–Trinajstić information content (AvgIpc) is 2.12. The number of unbranched alkanes of at least 4 members (excludes halogenated alkanes) is 1. The maximum atomic E-state index is 12.5. The van der Waals surface area contributed by atoms with Crippen LogP contribution < -0.4 is 0 Å². The highest BCUT2D eigenvalue weighted by Gasteiger charge is 2.20. The van der Waals surface area contributed by atoms with Gasteiger partial charge in [-0.05, 0) is 31.4 Å². The summed E-state index contributed by atoms with van der Waals surface area (Å²) in [6.07, 6.45) is 1.15. The van der Waals surface area contributed by atoms with Crippen molar-refractivity contribution in [3.63, 3.8) is 0 Å². The molecule has 1 atom stereocenters. The first-order valence-electron chi connectivity index (χ1n) is 5.89. The van der Waals surface area contributed by atoms with Gasteiger partial charge in [0.2, 0.25) is 5.92 Å². The van der Waals surface area contributed by atoms with Crippen LogP contribution in [-0.2, 0) is 9.53 Å². The molecule has 0 radical (unpaired) electrons. The third-order valence-corrected chi connectivity index (χ3v) is 3.61. The Labute approximate surface area is 106 Å². The lowest BCUT2D eigenvalue weighted by atomic mass is 10.2. The van der Waals surface area contributed by atoms with Crippen LogP contribution in [0.4, 0.5) is 8.78 Å². The van der Waals surface area contributed by atoms with E-state index < -0.39 is 5.92 Å². The predicted octanol–water partition coefficient (Wildman–Crippen LogP) is 4.09. The van der Waals surface area contributed by atoms with Crippen LogP contribution in [0.1, 0.15) is 47.0 Å². The van der Waals surface area contributed by atoms with Gasteiger partial charge in [-0.15, -0.1) is 11.8 Å². The number of halogens is 2. The van der Waals surface area contributed by atoms with Crippen molar-refractivity contribution in [2.24, 2.45) is 5.92 Å². The predicted molar refractivity (Wildman–Crippen MR) is 67.3 cm³/mol. The zero-order chi connectivity index (χ0) is 13.5. The molecule has 0 heterocycles. The van der Waals surface area contributed by atoms with E-state index in [2.05, 4.69) is 0 Å². The van der Waals surface area contributed by atoms with Crippen molar-refractivity contribution in [1.82, 2.24) is 0 Å². The van der Waals surface area contributed by atoms with Crippen LogP contribution in [0.25, 0.3) is 0 Å². The third kappa shape index (κ3) is 10.5. The van der Waals surface area contributed by atoms with Gasteiger partial charge in [0.25, 0.3) is 0 Å². The first-order valence-corrected chi connectivity index (χ1v) is 6.94. The van der Waals surface area contributed by atoms with Crippen molar-refractivity contribution >= 4 is 17.7 Å². The molecule has 0 N–H and O–H groups in total. The second-order valence-corrected chi connectivity index (χ2v) is 5.83. The molecule has 0 spiro atoms. The number of esters is 1. The summed E-state index contributed by atoms with van der Waals surface area (Å²) in [5, 5.41) is 0. The molecule has 0 aromatic carbocycles. The van der Waals surface area contributed by atoms with Crippen molar-refractivity contribution in [3.05, 3.63) is 0 Å². The lowest BCUT2D eigenvalue weighted by molar-refractivity contribution is -0.143. The van der Waals surface area contributed by atoms with Crippen LogP contribution in [0.3, 0.4) is 0 Å². The van der Waals surface area contributed by atoms with Crippen molar-refractivity contribution in [1.29, 1.82) is 0 Å². The van der Waals surface area contributed by atoms with Gasteiger partial charge >= 0.3 is 5.97 Å². The summed E-state index contributed by atoms with van der Waals surface area (Å²) in [6, 6.07) is 0. The Bertz CT molecular complexity index is 227. The molecular formula is C12H22F2O2S. The zero-order valence-corrected chi connectivity index (χ0v) is 11.8. The minimum Gasteiger partial charge on any atom is -0.451 e. The molecule has 0 fully saturated rings. The molecule has 0 aromatic heterocycles. The first-order chi connectivity index (χ1) is 7.72. The molecule has 0 amide bonds. The Morgan fingerprint density at radius 3 is 2.35 bits per heavy atom. The molecule has 17 heavy (non-hydrogen) atoms. The second-order valence-electron chi connectivity index (χ2n) is 4.62. The van der Waals surface area contributed by atoms with E-state index in [1.807, 2.05) is 13.8 Å². The number of carbonyl (C=O) groups excluding carboxylic acids is 1. The van der Waals surface area contributed by atoms with E-state index in [-0.39, 0.29) is 23.7 Å². The lowest BCUT2D eigenvalue weighted by Crippen LogP contribution is -2.19. The van der Waals surface area contributed by atoms with Crippen LogP contribution in [-0.4, -0.2) is 23.1 Å². The standard InChI is InChI=1S/C12H22F2O2S/c1-9(2)11(16-10(3)15)17-8-6-5-7-12(4,13)14/h9,11H,5-8H2,1-4H3. The average molecular weight is 268 g/mol. The fourth-order valence-electron chi connectivity index (χ4n) is 1.26. The Kier molecular flexibility index (Phi) is 7.75. The summed E-state index contributed by atoms with van der Waals surface area (Å²) < 4.78 is 30.2. The highest BCUT2D eigenvalue weighted by molar-refractivity contribution is 7.99. The van der Waals surface area contributed by atoms with E-state index in [1.54, 1.807) is 0 Å². The van der Waals surface area contributed by atoms with Gasteiger partial charge in [-0.1, -0.05) is 13.8 Å². The second kappa shape index (κ2) is 7.90. The summed E-state index contributed by atoms with van der Waals surface area (Å²) in [6.45, 7) is 6.27. The summed E-state index contributed by atoms with van der Waals surface area (Å²) in [4.78, 5) is 10.8. The maximum Gasteiger partial charge on any atom is 0.303 e. The minimum atomic E-state index is -2.57. The molecule has 0 saturated heterocycles. The van der Waals surface area contributed by atoms with Crippen molar-refractivity contribution in [3.8, 4) is 0 Å². The molecule has 0 aliphatic heterocycles. The first kappa shape index (κ1) is 16.7. The number of thioether (sulfide) groups is 1. The monoisotopic (exact) mass is 268 g/mol. The third-order valence-electron chi connectivity index (χ3n) is 2.12. The zero-order valence-electron chi connectivity index (χ0n) is 11.0. The van der Waals surface area contributed by atoms with E-state index in [4.69, 9.17) is 4.74 Å². The van der Waals surface area contributed by atoms with Gasteiger partial charge in [0, 0.05) is 13.3 Å². The number of hydrogen-bond acceptors (Lipinski definition) is 3. The van der Waals surface area contributed by atoms with Gasteiger partial charge in [0.1, 0.15) is 5.44 Å². The lowest BCUT2D eigenvalue weighted by Gasteiger charge is -2.20. The summed E-state index contributed by atoms with van der Waals surface area (Å²) in [5.41, 5.74) is -0.172. The molecule has 0 aliphatic rings. The molecule has 102 valence electrons. The summed E-state index contributed by atoms with van der Waals surface area (Å²) in [5.74, 6) is -1.89. The van der Waals surface area contributed by atoms with Gasteiger partial charge in [-0.25, -0.2) is 8.78 Å². The largest absolute Gasteiger partial charge is 0.451 e. The quantitative estimate of drug-likeness (QED) is 0.377. The van der Waals surface area contributed by atoms with E-state index in [0.29, 0.717) is 6.42 Å². The number of ether oxygens (including phenoxy) is 1. The minimum absolute atomic E-state index is 0.0759. The number of rotatable bonds is 8. The van der Waals surface area contributed by atoms with Crippen molar-refractivity contribution in [2.75, 3.05) is 5.75 Å². The normalized spacial score (nSPS) is 13.8. The fourth-order valence-corrected chi connectivity index (χ4v) is 2.45. The van der Waals surface area contributed by atoms with Crippen LogP contribution in [0.15, 0.2) is 0 Å². The SMILES string of the molecule is CC(=O)OC(SCCCCC(C)(F)F)C(C)C. The molecule has 0 bridgehead atoms. The van der Waals surface area contributed by atoms with Crippen molar-refractivity contribution in [2.45, 2.75) is 58.3 Å². The molecular weight excluding hydrogens is 246 g/mol. The van der Waals surface area contributed by atoms with Gasteiger partial charge in [-0.3, -0.25) is 4.79 Å². The van der Waals surface area contributed by atoms with Crippen molar-refractivity contribution < 1.29 is 18.3 Å². The Morgan fingerprint density at radius 2 is 1.94 bits per heavy atom. The molecule has 0 aromatic rings. The molecule has 0 rings (SSSR count). The fraction of sp³-hybridized carbons (Fsp3) is 0.917.